The van der Waals surface area contributed by atoms with Crippen molar-refractivity contribution in [2.75, 3.05) is 32.4 Å². The molecule has 2 nitrogen and oxygen atoms in total. The second-order valence-corrected chi connectivity index (χ2v) is 6.46. The molecule has 2 unspecified atom stereocenters. The third-order valence-corrected chi connectivity index (χ3v) is 5.44. The first-order chi connectivity index (χ1) is 8.88. The summed E-state index contributed by atoms with van der Waals surface area (Å²) in [5.74, 6) is 2.01. The van der Waals surface area contributed by atoms with E-state index in [9.17, 15) is 0 Å². The molecule has 18 heavy (non-hydrogen) atoms. The van der Waals surface area contributed by atoms with Crippen molar-refractivity contribution in [1.29, 1.82) is 0 Å². The van der Waals surface area contributed by atoms with Gasteiger partial charge in [0.25, 0.3) is 0 Å². The Kier molecular flexibility index (Phi) is 3.92. The first-order valence-electron chi connectivity index (χ1n) is 6.99. The molecule has 3 heteroatoms. The van der Waals surface area contributed by atoms with Gasteiger partial charge in [0.05, 0.1) is 0 Å². The highest BCUT2D eigenvalue weighted by molar-refractivity contribution is 7.99. The van der Waals surface area contributed by atoms with E-state index in [-0.39, 0.29) is 0 Å². The summed E-state index contributed by atoms with van der Waals surface area (Å²) in [5, 5.41) is 3.34. The molecule has 1 N–H and O–H groups in total. The molecule has 98 valence electrons. The molecule has 1 fully saturated rings. The number of nitrogens with one attached hydrogen (secondary N) is 1. The van der Waals surface area contributed by atoms with Gasteiger partial charge >= 0.3 is 0 Å². The highest BCUT2D eigenvalue weighted by atomic mass is 32.2. The Balaban J connectivity index is 1.67. The lowest BCUT2D eigenvalue weighted by Gasteiger charge is -2.27. The fourth-order valence-electron chi connectivity index (χ4n) is 3.27. The zero-order valence-electron chi connectivity index (χ0n) is 11.1. The van der Waals surface area contributed by atoms with Crippen molar-refractivity contribution >= 4 is 11.8 Å². The number of benzene rings is 1. The van der Waals surface area contributed by atoms with Crippen LogP contribution in [-0.2, 0) is 0 Å². The van der Waals surface area contributed by atoms with Crippen molar-refractivity contribution < 1.29 is 0 Å². The molecule has 1 aromatic rings. The first kappa shape index (κ1) is 12.5. The Bertz CT molecular complexity index is 407. The van der Waals surface area contributed by atoms with Crippen LogP contribution in [0.2, 0.25) is 0 Å². The van der Waals surface area contributed by atoms with Gasteiger partial charge < -0.3 is 5.32 Å². The maximum atomic E-state index is 3.34. The quantitative estimate of drug-likeness (QED) is 0.898. The molecule has 2 aliphatic heterocycles. The molecule has 0 radical (unpaired) electrons. The highest BCUT2D eigenvalue weighted by Gasteiger charge is 2.30. The number of hydrogen-bond acceptors (Lipinski definition) is 3. The Hall–Kier alpha value is -0.510. The molecular formula is C15H22N2S. The molecule has 2 atom stereocenters. The number of likely N-dealkylation sites (N-methyl/N-ethyl adjacent to an activating group) is 1. The van der Waals surface area contributed by atoms with Crippen molar-refractivity contribution in [3.8, 4) is 0 Å². The van der Waals surface area contributed by atoms with Crippen molar-refractivity contribution in [2.45, 2.75) is 29.7 Å². The number of nitrogens with zero attached hydrogens (tertiary/aromatic N) is 1. The molecule has 0 bridgehead atoms. The van der Waals surface area contributed by atoms with Crippen LogP contribution in [0.15, 0.2) is 29.2 Å². The minimum atomic E-state index is 0.739. The molecule has 2 aliphatic rings. The fraction of sp³-hybridized carbons (Fsp3) is 0.600. The van der Waals surface area contributed by atoms with Crippen molar-refractivity contribution in [3.05, 3.63) is 29.8 Å². The van der Waals surface area contributed by atoms with Crippen LogP contribution in [0.5, 0.6) is 0 Å². The van der Waals surface area contributed by atoms with Crippen molar-refractivity contribution in [2.24, 2.45) is 0 Å². The van der Waals surface area contributed by atoms with E-state index in [0.29, 0.717) is 0 Å². The summed E-state index contributed by atoms with van der Waals surface area (Å²) in [6, 6.07) is 9.70. The third kappa shape index (κ3) is 2.44. The van der Waals surface area contributed by atoms with Crippen molar-refractivity contribution in [3.63, 3.8) is 0 Å². The summed E-state index contributed by atoms with van der Waals surface area (Å²) in [4.78, 5) is 4.20. The fourth-order valence-corrected chi connectivity index (χ4v) is 4.51. The summed E-state index contributed by atoms with van der Waals surface area (Å²) in [7, 11) is 2.07. The van der Waals surface area contributed by atoms with Crippen LogP contribution in [0.4, 0.5) is 0 Å². The molecule has 0 amide bonds. The first-order valence-corrected chi connectivity index (χ1v) is 7.97. The topological polar surface area (TPSA) is 15.3 Å². The zero-order valence-corrected chi connectivity index (χ0v) is 11.9. The van der Waals surface area contributed by atoms with Gasteiger partial charge in [-0.3, -0.25) is 4.90 Å². The van der Waals surface area contributed by atoms with E-state index >= 15 is 0 Å². The van der Waals surface area contributed by atoms with Crippen LogP contribution in [-0.4, -0.2) is 43.4 Å². The van der Waals surface area contributed by atoms with Crippen LogP contribution >= 0.6 is 11.8 Å². The lowest BCUT2D eigenvalue weighted by molar-refractivity contribution is 0.240. The summed E-state index contributed by atoms with van der Waals surface area (Å²) >= 11 is 2.03. The molecule has 0 saturated carbocycles. The monoisotopic (exact) mass is 262 g/mol. The molecule has 2 heterocycles. The van der Waals surface area contributed by atoms with Crippen LogP contribution in [0, 0.1) is 0 Å². The van der Waals surface area contributed by atoms with Gasteiger partial charge in [0, 0.05) is 35.7 Å². The number of hydrogen-bond donors (Lipinski definition) is 1. The van der Waals surface area contributed by atoms with Gasteiger partial charge in [-0.2, -0.15) is 0 Å². The average Bonchev–Trinajstić information content (AvgIpc) is 2.99. The molecule has 0 aliphatic carbocycles. The van der Waals surface area contributed by atoms with E-state index in [2.05, 4.69) is 41.5 Å². The normalized spacial score (nSPS) is 27.6. The van der Waals surface area contributed by atoms with E-state index < -0.39 is 0 Å². The number of fused-ring (bicyclic) bond motifs is 1. The minimum Gasteiger partial charge on any atom is -0.318 e. The van der Waals surface area contributed by atoms with Gasteiger partial charge in [-0.25, -0.2) is 0 Å². The van der Waals surface area contributed by atoms with Crippen LogP contribution in [0.1, 0.15) is 24.3 Å². The standard InChI is InChI=1S/C15H22N2S/c1-16-9-13-5-4-8-17(13)10-12-11-18-15-7-3-2-6-14(12)15/h2-3,6-7,12-13,16H,4-5,8-11H2,1H3. The van der Waals surface area contributed by atoms with Gasteiger partial charge in [0.1, 0.15) is 0 Å². The highest BCUT2D eigenvalue weighted by Crippen LogP contribution is 2.40. The number of likely N-dealkylation sites (tertiary alicyclic amines) is 1. The maximum absolute atomic E-state index is 3.34. The Labute approximate surface area is 114 Å². The molecule has 3 rings (SSSR count). The van der Waals surface area contributed by atoms with E-state index in [4.69, 9.17) is 0 Å². The number of rotatable bonds is 4. The summed E-state index contributed by atoms with van der Waals surface area (Å²) < 4.78 is 0. The Morgan fingerprint density at radius 2 is 2.28 bits per heavy atom. The molecule has 0 aromatic heterocycles. The average molecular weight is 262 g/mol. The SMILES string of the molecule is CNCC1CCCN1CC1CSc2ccccc21. The summed E-state index contributed by atoms with van der Waals surface area (Å²) in [5.41, 5.74) is 1.58. The maximum Gasteiger partial charge on any atom is 0.0221 e. The molecule has 0 spiro atoms. The summed E-state index contributed by atoms with van der Waals surface area (Å²) in [6.07, 6.45) is 2.73. The van der Waals surface area contributed by atoms with Gasteiger partial charge in [0.15, 0.2) is 0 Å². The molecular weight excluding hydrogens is 240 g/mol. The summed E-state index contributed by atoms with van der Waals surface area (Å²) in [6.45, 7) is 3.67. The molecule has 1 saturated heterocycles. The van der Waals surface area contributed by atoms with Crippen LogP contribution < -0.4 is 5.32 Å². The van der Waals surface area contributed by atoms with E-state index in [0.717, 1.165) is 18.5 Å². The zero-order chi connectivity index (χ0) is 12.4. The van der Waals surface area contributed by atoms with Crippen LogP contribution in [0.3, 0.4) is 0 Å². The predicted octanol–water partition coefficient (Wildman–Crippen LogP) is 2.56. The van der Waals surface area contributed by atoms with Gasteiger partial charge in [-0.05, 0) is 38.1 Å². The lowest BCUT2D eigenvalue weighted by Crippen LogP contribution is -2.39. The smallest absolute Gasteiger partial charge is 0.0221 e. The van der Waals surface area contributed by atoms with E-state index in [1.54, 1.807) is 5.56 Å². The second-order valence-electron chi connectivity index (χ2n) is 5.39. The van der Waals surface area contributed by atoms with Crippen molar-refractivity contribution in [1.82, 2.24) is 10.2 Å². The Morgan fingerprint density at radius 1 is 1.39 bits per heavy atom. The van der Waals surface area contributed by atoms with Gasteiger partial charge in [-0.15, -0.1) is 11.8 Å². The van der Waals surface area contributed by atoms with Gasteiger partial charge in [0.2, 0.25) is 0 Å². The van der Waals surface area contributed by atoms with E-state index in [1.807, 2.05) is 11.8 Å². The number of thioether (sulfide) groups is 1. The predicted molar refractivity (Wildman–Crippen MR) is 78.4 cm³/mol. The van der Waals surface area contributed by atoms with Gasteiger partial charge in [-0.1, -0.05) is 18.2 Å². The van der Waals surface area contributed by atoms with Crippen LogP contribution in [0.25, 0.3) is 0 Å². The Morgan fingerprint density at radius 3 is 3.17 bits per heavy atom. The largest absolute Gasteiger partial charge is 0.318 e. The minimum absolute atomic E-state index is 0.739. The molecule has 1 aromatic carbocycles. The van der Waals surface area contributed by atoms with E-state index in [1.165, 1.54) is 36.6 Å². The third-order valence-electron chi connectivity index (χ3n) is 4.19. The second kappa shape index (κ2) is 5.64. The lowest BCUT2D eigenvalue weighted by atomic mass is 10.0.